The minimum absolute atomic E-state index is 0.0360. The third-order valence-electron chi connectivity index (χ3n) is 5.01. The Morgan fingerprint density at radius 3 is 2.44 bits per heavy atom. The lowest BCUT2D eigenvalue weighted by atomic mass is 10.2. The Labute approximate surface area is 161 Å². The first-order valence-electron chi connectivity index (χ1n) is 9.30. The number of nitrogens with one attached hydrogen (secondary N) is 1. The number of hydrogen-bond acceptors (Lipinski definition) is 7. The number of sulfone groups is 1. The van der Waals surface area contributed by atoms with Crippen LogP contribution in [0, 0.1) is 0 Å². The Morgan fingerprint density at radius 1 is 1.15 bits per heavy atom. The monoisotopic (exact) mass is 389 g/mol. The lowest BCUT2D eigenvalue weighted by Gasteiger charge is -2.24. The van der Waals surface area contributed by atoms with Crippen molar-refractivity contribution >= 4 is 33.0 Å². The van der Waals surface area contributed by atoms with Crippen LogP contribution in [0.2, 0.25) is 0 Å². The zero-order chi connectivity index (χ0) is 19.4. The first-order chi connectivity index (χ1) is 12.9. The molecule has 1 unspecified atom stereocenters. The van der Waals surface area contributed by atoms with Gasteiger partial charge in [0.25, 0.3) is 0 Å². The molecule has 0 aliphatic carbocycles. The maximum atomic E-state index is 11.7. The summed E-state index contributed by atoms with van der Waals surface area (Å²) in [6.45, 7) is 6.22. The maximum Gasteiger partial charge on any atom is 0.229 e. The van der Waals surface area contributed by atoms with Gasteiger partial charge in [-0.25, -0.2) is 13.4 Å². The predicted octanol–water partition coefficient (Wildman–Crippen LogP) is 2.69. The first kappa shape index (κ1) is 19.4. The van der Waals surface area contributed by atoms with Gasteiger partial charge in [0, 0.05) is 43.8 Å². The van der Waals surface area contributed by atoms with Gasteiger partial charge in [0.05, 0.1) is 11.5 Å². The second kappa shape index (κ2) is 8.12. The molecule has 1 fully saturated rings. The molecular weight excluding hydrogens is 362 g/mol. The molecule has 8 heteroatoms. The van der Waals surface area contributed by atoms with Crippen molar-refractivity contribution in [2.24, 2.45) is 0 Å². The molecule has 0 spiro atoms. The quantitative estimate of drug-likeness (QED) is 0.780. The summed E-state index contributed by atoms with van der Waals surface area (Å²) in [5.41, 5.74) is 2.09. The molecule has 1 saturated heterocycles. The van der Waals surface area contributed by atoms with E-state index in [1.807, 2.05) is 24.1 Å². The molecule has 1 aromatic carbocycles. The van der Waals surface area contributed by atoms with E-state index in [2.05, 4.69) is 46.2 Å². The second-order valence-corrected chi connectivity index (χ2v) is 8.98. The molecule has 0 radical (unpaired) electrons. The highest BCUT2D eigenvalue weighted by molar-refractivity contribution is 7.91. The van der Waals surface area contributed by atoms with E-state index >= 15 is 0 Å². The van der Waals surface area contributed by atoms with Crippen LogP contribution in [0.3, 0.4) is 0 Å². The summed E-state index contributed by atoms with van der Waals surface area (Å²) in [7, 11) is -1.04. The van der Waals surface area contributed by atoms with Crippen LogP contribution >= 0.6 is 0 Å². The summed E-state index contributed by atoms with van der Waals surface area (Å²) in [5, 5.41) is 3.22. The van der Waals surface area contributed by atoms with Crippen molar-refractivity contribution in [2.75, 3.05) is 46.8 Å². The van der Waals surface area contributed by atoms with Crippen molar-refractivity contribution in [2.45, 2.75) is 26.3 Å². The number of aromatic nitrogens is 2. The van der Waals surface area contributed by atoms with Gasteiger partial charge >= 0.3 is 0 Å². The average molecular weight is 390 g/mol. The zero-order valence-corrected chi connectivity index (χ0v) is 16.9. The van der Waals surface area contributed by atoms with E-state index in [0.29, 0.717) is 12.4 Å². The zero-order valence-electron chi connectivity index (χ0n) is 16.1. The number of anilines is 4. The summed E-state index contributed by atoms with van der Waals surface area (Å²) < 4.78 is 23.5. The van der Waals surface area contributed by atoms with E-state index in [-0.39, 0.29) is 17.5 Å². The van der Waals surface area contributed by atoms with Crippen molar-refractivity contribution in [1.29, 1.82) is 0 Å². The molecule has 0 bridgehead atoms. The maximum absolute atomic E-state index is 11.7. The summed E-state index contributed by atoms with van der Waals surface area (Å²) in [6.07, 6.45) is 2.33. The highest BCUT2D eigenvalue weighted by Gasteiger charge is 2.31. The van der Waals surface area contributed by atoms with Gasteiger partial charge in [0.2, 0.25) is 5.95 Å². The van der Waals surface area contributed by atoms with Crippen molar-refractivity contribution in [1.82, 2.24) is 9.97 Å². The van der Waals surface area contributed by atoms with Crippen molar-refractivity contribution in [3.8, 4) is 0 Å². The van der Waals surface area contributed by atoms with Crippen LogP contribution in [-0.2, 0) is 9.84 Å². The lowest BCUT2D eigenvalue weighted by molar-refractivity contribution is 0.600. The summed E-state index contributed by atoms with van der Waals surface area (Å²) in [6, 6.07) is 9.95. The van der Waals surface area contributed by atoms with E-state index in [1.54, 1.807) is 12.3 Å². The van der Waals surface area contributed by atoms with Crippen LogP contribution in [0.25, 0.3) is 0 Å². The smallest absolute Gasteiger partial charge is 0.229 e. The molecule has 146 valence electrons. The van der Waals surface area contributed by atoms with Gasteiger partial charge in [0.1, 0.15) is 5.82 Å². The van der Waals surface area contributed by atoms with Gasteiger partial charge in [-0.05, 0) is 50.6 Å². The highest BCUT2D eigenvalue weighted by Crippen LogP contribution is 2.23. The van der Waals surface area contributed by atoms with Gasteiger partial charge < -0.3 is 15.1 Å². The molecule has 2 aromatic rings. The molecule has 1 aliphatic rings. The number of nitrogens with zero attached hydrogens (tertiary/aromatic N) is 4. The Balaban J connectivity index is 1.70. The van der Waals surface area contributed by atoms with Gasteiger partial charge in [-0.15, -0.1) is 0 Å². The Bertz CT molecular complexity index is 866. The van der Waals surface area contributed by atoms with Crippen LogP contribution in [0.1, 0.15) is 20.3 Å². The minimum atomic E-state index is -2.93. The van der Waals surface area contributed by atoms with Crippen molar-refractivity contribution < 1.29 is 8.42 Å². The predicted molar refractivity (Wildman–Crippen MR) is 111 cm³/mol. The summed E-state index contributed by atoms with van der Waals surface area (Å²) in [5.74, 6) is 1.64. The molecule has 2 heterocycles. The van der Waals surface area contributed by atoms with Gasteiger partial charge in [-0.2, -0.15) is 4.98 Å². The summed E-state index contributed by atoms with van der Waals surface area (Å²) in [4.78, 5) is 13.0. The number of rotatable bonds is 7. The molecule has 1 N–H and O–H groups in total. The van der Waals surface area contributed by atoms with Gasteiger partial charge in [-0.3, -0.25) is 0 Å². The van der Waals surface area contributed by atoms with Gasteiger partial charge in [0.15, 0.2) is 9.84 Å². The highest BCUT2D eigenvalue weighted by atomic mass is 32.2. The SMILES string of the molecule is CCN(CC)c1ccc(Nc2nccc(N(C)C3CCS(=O)(=O)C3)n2)cc1. The molecule has 27 heavy (non-hydrogen) atoms. The topological polar surface area (TPSA) is 78.4 Å². The van der Waals surface area contributed by atoms with Crippen LogP contribution in [0.5, 0.6) is 0 Å². The number of hydrogen-bond donors (Lipinski definition) is 1. The van der Waals surface area contributed by atoms with Crippen LogP contribution < -0.4 is 15.1 Å². The molecule has 1 atom stereocenters. The Kier molecular flexibility index (Phi) is 5.84. The van der Waals surface area contributed by atoms with E-state index in [9.17, 15) is 8.42 Å². The molecule has 0 amide bonds. The van der Waals surface area contributed by atoms with Crippen LogP contribution in [0.4, 0.5) is 23.1 Å². The Hall–Kier alpha value is -2.35. The van der Waals surface area contributed by atoms with E-state index < -0.39 is 9.84 Å². The molecular formula is C19H27N5O2S. The standard InChI is InChI=1S/C19H27N5O2S/c1-4-24(5-2)16-8-6-15(7-9-16)21-19-20-12-10-18(22-19)23(3)17-11-13-27(25,26)14-17/h6-10,12,17H,4-5,11,13-14H2,1-3H3,(H,20,21,22). The fourth-order valence-corrected chi connectivity index (χ4v) is 5.12. The normalized spacial score (nSPS) is 18.3. The lowest BCUT2D eigenvalue weighted by Crippen LogP contribution is -2.33. The fraction of sp³-hybridized carbons (Fsp3) is 0.474. The fourth-order valence-electron chi connectivity index (χ4n) is 3.35. The molecule has 0 saturated carbocycles. The largest absolute Gasteiger partial charge is 0.372 e. The summed E-state index contributed by atoms with van der Waals surface area (Å²) >= 11 is 0. The van der Waals surface area contributed by atoms with Crippen LogP contribution in [0.15, 0.2) is 36.5 Å². The van der Waals surface area contributed by atoms with Crippen molar-refractivity contribution in [3.63, 3.8) is 0 Å². The second-order valence-electron chi connectivity index (χ2n) is 6.75. The average Bonchev–Trinajstić information content (AvgIpc) is 3.03. The molecule has 1 aliphatic heterocycles. The van der Waals surface area contributed by atoms with Crippen molar-refractivity contribution in [3.05, 3.63) is 36.5 Å². The third-order valence-corrected chi connectivity index (χ3v) is 6.76. The van der Waals surface area contributed by atoms with E-state index in [0.717, 1.165) is 24.6 Å². The van der Waals surface area contributed by atoms with E-state index in [1.165, 1.54) is 5.69 Å². The van der Waals surface area contributed by atoms with Crippen LogP contribution in [-0.4, -0.2) is 56.1 Å². The van der Waals surface area contributed by atoms with Gasteiger partial charge in [-0.1, -0.05) is 0 Å². The Morgan fingerprint density at radius 2 is 1.85 bits per heavy atom. The first-order valence-corrected chi connectivity index (χ1v) is 11.1. The van der Waals surface area contributed by atoms with E-state index in [4.69, 9.17) is 0 Å². The third kappa shape index (κ3) is 4.68. The molecule has 7 nitrogen and oxygen atoms in total. The number of benzene rings is 1. The minimum Gasteiger partial charge on any atom is -0.372 e. The molecule has 1 aromatic heterocycles. The molecule has 3 rings (SSSR count).